The molecule has 5 heteroatoms. The Morgan fingerprint density at radius 2 is 1.94 bits per heavy atom. The van der Waals surface area contributed by atoms with Crippen LogP contribution in [0.25, 0.3) is 0 Å². The van der Waals surface area contributed by atoms with Crippen LogP contribution in [-0.4, -0.2) is 13.6 Å². The summed E-state index contributed by atoms with van der Waals surface area (Å²) < 4.78 is 37.5. The number of anilines is 2. The maximum atomic E-state index is 12.5. The smallest absolute Gasteiger partial charge is 0.397 e. The first-order valence-corrected chi connectivity index (χ1v) is 5.93. The Morgan fingerprint density at radius 1 is 1.33 bits per heavy atom. The SMILES string of the molecule is CCC(C)CN(C)c1ccc(C(F)(F)F)cc1N. The molecule has 102 valence electrons. The van der Waals surface area contributed by atoms with Gasteiger partial charge in [-0.2, -0.15) is 13.2 Å². The Kier molecular flexibility index (Phi) is 4.48. The average molecular weight is 260 g/mol. The number of hydrogen-bond donors (Lipinski definition) is 1. The lowest BCUT2D eigenvalue weighted by atomic mass is 10.1. The van der Waals surface area contributed by atoms with Crippen LogP contribution in [0.3, 0.4) is 0 Å². The van der Waals surface area contributed by atoms with Gasteiger partial charge in [0, 0.05) is 13.6 Å². The summed E-state index contributed by atoms with van der Waals surface area (Å²) in [7, 11) is 1.84. The van der Waals surface area contributed by atoms with Crippen molar-refractivity contribution in [2.75, 3.05) is 24.2 Å². The second-order valence-electron chi connectivity index (χ2n) is 4.67. The van der Waals surface area contributed by atoms with Crippen LogP contribution in [0.4, 0.5) is 24.5 Å². The second-order valence-corrected chi connectivity index (χ2v) is 4.67. The van der Waals surface area contributed by atoms with Gasteiger partial charge >= 0.3 is 6.18 Å². The predicted molar refractivity (Wildman–Crippen MR) is 68.6 cm³/mol. The Balaban J connectivity index is 2.92. The minimum atomic E-state index is -4.35. The van der Waals surface area contributed by atoms with Crippen molar-refractivity contribution in [2.24, 2.45) is 5.92 Å². The van der Waals surface area contributed by atoms with E-state index in [2.05, 4.69) is 13.8 Å². The van der Waals surface area contributed by atoms with Gasteiger partial charge in [-0.3, -0.25) is 0 Å². The fraction of sp³-hybridized carbons (Fsp3) is 0.538. The standard InChI is InChI=1S/C13H19F3N2/c1-4-9(2)8-18(3)12-6-5-10(7-11(12)17)13(14,15)16/h5-7,9H,4,8,17H2,1-3H3. The van der Waals surface area contributed by atoms with Crippen molar-refractivity contribution >= 4 is 11.4 Å². The molecule has 0 amide bonds. The van der Waals surface area contributed by atoms with Crippen LogP contribution < -0.4 is 10.6 Å². The molecule has 0 saturated carbocycles. The molecular formula is C13H19F3N2. The minimum Gasteiger partial charge on any atom is -0.397 e. The Labute approximate surface area is 106 Å². The highest BCUT2D eigenvalue weighted by atomic mass is 19.4. The van der Waals surface area contributed by atoms with Gasteiger partial charge in [-0.15, -0.1) is 0 Å². The molecule has 0 heterocycles. The van der Waals surface area contributed by atoms with Crippen molar-refractivity contribution in [1.29, 1.82) is 0 Å². The summed E-state index contributed by atoms with van der Waals surface area (Å²) >= 11 is 0. The van der Waals surface area contributed by atoms with E-state index >= 15 is 0 Å². The largest absolute Gasteiger partial charge is 0.416 e. The van der Waals surface area contributed by atoms with E-state index in [1.807, 2.05) is 11.9 Å². The van der Waals surface area contributed by atoms with Crippen LogP contribution in [0.1, 0.15) is 25.8 Å². The summed E-state index contributed by atoms with van der Waals surface area (Å²) in [4.78, 5) is 1.89. The number of nitrogens with two attached hydrogens (primary N) is 1. The van der Waals surface area contributed by atoms with E-state index in [1.54, 1.807) is 0 Å². The zero-order valence-corrected chi connectivity index (χ0v) is 10.9. The minimum absolute atomic E-state index is 0.163. The zero-order chi connectivity index (χ0) is 13.9. The molecule has 2 N–H and O–H groups in total. The third-order valence-electron chi connectivity index (χ3n) is 3.05. The first kappa shape index (κ1) is 14.7. The van der Waals surface area contributed by atoms with Crippen molar-refractivity contribution in [3.8, 4) is 0 Å². The molecule has 0 saturated heterocycles. The summed E-state index contributed by atoms with van der Waals surface area (Å²) in [6, 6.07) is 3.49. The molecule has 18 heavy (non-hydrogen) atoms. The lowest BCUT2D eigenvalue weighted by Crippen LogP contribution is -2.24. The van der Waals surface area contributed by atoms with Crippen molar-refractivity contribution in [2.45, 2.75) is 26.4 Å². The van der Waals surface area contributed by atoms with Crippen molar-refractivity contribution in [1.82, 2.24) is 0 Å². The summed E-state index contributed by atoms with van der Waals surface area (Å²) in [6.07, 6.45) is -3.33. The average Bonchev–Trinajstić information content (AvgIpc) is 2.27. The molecule has 2 nitrogen and oxygen atoms in total. The van der Waals surface area contributed by atoms with E-state index in [9.17, 15) is 13.2 Å². The molecular weight excluding hydrogens is 241 g/mol. The summed E-state index contributed by atoms with van der Waals surface area (Å²) in [5, 5.41) is 0. The number of hydrogen-bond acceptors (Lipinski definition) is 2. The molecule has 1 unspecified atom stereocenters. The quantitative estimate of drug-likeness (QED) is 0.835. The number of benzene rings is 1. The molecule has 1 aromatic carbocycles. The fourth-order valence-electron chi connectivity index (χ4n) is 1.77. The molecule has 0 spiro atoms. The first-order valence-electron chi connectivity index (χ1n) is 5.93. The van der Waals surface area contributed by atoms with Gasteiger partial charge in [0.1, 0.15) is 0 Å². The van der Waals surface area contributed by atoms with E-state index in [0.29, 0.717) is 11.6 Å². The maximum Gasteiger partial charge on any atom is 0.416 e. The Morgan fingerprint density at radius 3 is 2.39 bits per heavy atom. The monoisotopic (exact) mass is 260 g/mol. The van der Waals surface area contributed by atoms with Crippen LogP contribution >= 0.6 is 0 Å². The number of rotatable bonds is 4. The van der Waals surface area contributed by atoms with Crippen molar-refractivity contribution in [3.05, 3.63) is 23.8 Å². The van der Waals surface area contributed by atoms with Gasteiger partial charge in [0.2, 0.25) is 0 Å². The van der Waals surface area contributed by atoms with Crippen LogP contribution in [0.15, 0.2) is 18.2 Å². The van der Waals surface area contributed by atoms with Crippen LogP contribution in [0.2, 0.25) is 0 Å². The third-order valence-corrected chi connectivity index (χ3v) is 3.05. The number of alkyl halides is 3. The molecule has 0 aromatic heterocycles. The van der Waals surface area contributed by atoms with Gasteiger partial charge in [-0.25, -0.2) is 0 Å². The first-order chi connectivity index (χ1) is 8.25. The van der Waals surface area contributed by atoms with Crippen LogP contribution in [-0.2, 0) is 6.18 Å². The summed E-state index contributed by atoms with van der Waals surface area (Å²) in [5.74, 6) is 0.469. The molecule has 0 aliphatic heterocycles. The van der Waals surface area contributed by atoms with E-state index in [4.69, 9.17) is 5.73 Å². The topological polar surface area (TPSA) is 29.3 Å². The predicted octanol–water partition coefficient (Wildman–Crippen LogP) is 3.77. The molecule has 1 atom stereocenters. The molecule has 0 bridgehead atoms. The van der Waals surface area contributed by atoms with Gasteiger partial charge in [-0.05, 0) is 24.1 Å². The number of nitrogens with zero attached hydrogens (tertiary/aromatic N) is 1. The highest BCUT2D eigenvalue weighted by molar-refractivity contribution is 5.68. The van der Waals surface area contributed by atoms with Gasteiger partial charge in [0.05, 0.1) is 16.9 Å². The number of nitrogen functional groups attached to an aromatic ring is 1. The third kappa shape index (κ3) is 3.55. The molecule has 0 aliphatic carbocycles. The lowest BCUT2D eigenvalue weighted by molar-refractivity contribution is -0.137. The maximum absolute atomic E-state index is 12.5. The van der Waals surface area contributed by atoms with Crippen molar-refractivity contribution < 1.29 is 13.2 Å². The van der Waals surface area contributed by atoms with E-state index in [-0.39, 0.29) is 5.69 Å². The summed E-state index contributed by atoms with van der Waals surface area (Å²) in [5.41, 5.74) is 5.79. The highest BCUT2D eigenvalue weighted by Gasteiger charge is 2.31. The molecule has 0 radical (unpaired) electrons. The number of halogens is 3. The summed E-state index contributed by atoms with van der Waals surface area (Å²) in [6.45, 7) is 4.94. The van der Waals surface area contributed by atoms with Gasteiger partial charge in [0.15, 0.2) is 0 Å². The molecule has 0 fully saturated rings. The Bertz CT molecular complexity index is 402. The van der Waals surface area contributed by atoms with Crippen molar-refractivity contribution in [3.63, 3.8) is 0 Å². The van der Waals surface area contributed by atoms with E-state index in [0.717, 1.165) is 25.1 Å². The fourth-order valence-corrected chi connectivity index (χ4v) is 1.77. The van der Waals surface area contributed by atoms with Gasteiger partial charge < -0.3 is 10.6 Å². The van der Waals surface area contributed by atoms with Gasteiger partial charge in [-0.1, -0.05) is 20.3 Å². The van der Waals surface area contributed by atoms with Crippen LogP contribution in [0.5, 0.6) is 0 Å². The zero-order valence-electron chi connectivity index (χ0n) is 10.9. The van der Waals surface area contributed by atoms with E-state index in [1.165, 1.54) is 6.07 Å². The molecule has 1 rings (SSSR count). The highest BCUT2D eigenvalue weighted by Crippen LogP contribution is 2.33. The molecule has 1 aromatic rings. The lowest BCUT2D eigenvalue weighted by Gasteiger charge is -2.24. The Hall–Kier alpha value is -1.39. The van der Waals surface area contributed by atoms with Gasteiger partial charge in [0.25, 0.3) is 0 Å². The van der Waals surface area contributed by atoms with Crippen LogP contribution in [0, 0.1) is 5.92 Å². The van der Waals surface area contributed by atoms with E-state index < -0.39 is 11.7 Å². The second kappa shape index (κ2) is 5.50. The molecule has 0 aliphatic rings. The normalized spacial score (nSPS) is 13.4.